The van der Waals surface area contributed by atoms with Gasteiger partial charge in [0.05, 0.1) is 0 Å². The molecule has 0 bridgehead atoms. The molecule has 0 aliphatic rings. The van der Waals surface area contributed by atoms with E-state index >= 15 is 0 Å². The SMILES string of the molecule is Cc1cccc(OCC(O)CNc2ccc(C)cc2C)c1. The second kappa shape index (κ2) is 7.14. The van der Waals surface area contributed by atoms with Crippen molar-refractivity contribution in [2.75, 3.05) is 18.5 Å². The van der Waals surface area contributed by atoms with E-state index in [1.807, 2.05) is 37.3 Å². The van der Waals surface area contributed by atoms with Crippen LogP contribution in [-0.2, 0) is 0 Å². The number of aliphatic hydroxyl groups excluding tert-OH is 1. The summed E-state index contributed by atoms with van der Waals surface area (Å²) in [7, 11) is 0. The van der Waals surface area contributed by atoms with E-state index in [0.717, 1.165) is 17.0 Å². The van der Waals surface area contributed by atoms with E-state index in [2.05, 4.69) is 31.3 Å². The lowest BCUT2D eigenvalue weighted by Crippen LogP contribution is -2.26. The second-order valence-corrected chi connectivity index (χ2v) is 5.48. The first-order valence-electron chi connectivity index (χ1n) is 7.23. The zero-order chi connectivity index (χ0) is 15.2. The van der Waals surface area contributed by atoms with Crippen molar-refractivity contribution in [3.05, 3.63) is 59.2 Å². The van der Waals surface area contributed by atoms with Gasteiger partial charge in [-0.05, 0) is 50.1 Å². The Morgan fingerprint density at radius 3 is 2.52 bits per heavy atom. The smallest absolute Gasteiger partial charge is 0.119 e. The predicted octanol–water partition coefficient (Wildman–Crippen LogP) is 3.46. The Bertz CT molecular complexity index is 596. The van der Waals surface area contributed by atoms with Gasteiger partial charge in [0.2, 0.25) is 0 Å². The molecule has 3 heteroatoms. The Morgan fingerprint density at radius 1 is 1.05 bits per heavy atom. The molecule has 0 amide bonds. The summed E-state index contributed by atoms with van der Waals surface area (Å²) in [6, 6.07) is 14.1. The fourth-order valence-electron chi connectivity index (χ4n) is 2.20. The number of anilines is 1. The van der Waals surface area contributed by atoms with Crippen LogP contribution in [-0.4, -0.2) is 24.4 Å². The number of ether oxygens (including phenoxy) is 1. The fourth-order valence-corrected chi connectivity index (χ4v) is 2.20. The quantitative estimate of drug-likeness (QED) is 0.854. The highest BCUT2D eigenvalue weighted by Crippen LogP contribution is 2.16. The van der Waals surface area contributed by atoms with E-state index in [-0.39, 0.29) is 6.61 Å². The standard InChI is InChI=1S/C18H23NO2/c1-13-5-4-6-17(10-13)21-12-16(20)11-19-18-8-7-14(2)9-15(18)3/h4-10,16,19-20H,11-12H2,1-3H3. The molecule has 1 unspecified atom stereocenters. The van der Waals surface area contributed by atoms with Crippen molar-refractivity contribution in [1.29, 1.82) is 0 Å². The maximum atomic E-state index is 10.00. The van der Waals surface area contributed by atoms with E-state index in [1.165, 1.54) is 11.1 Å². The van der Waals surface area contributed by atoms with Crippen LogP contribution in [0.1, 0.15) is 16.7 Å². The van der Waals surface area contributed by atoms with Crippen molar-refractivity contribution in [1.82, 2.24) is 0 Å². The van der Waals surface area contributed by atoms with Gasteiger partial charge in [0, 0.05) is 12.2 Å². The summed E-state index contributed by atoms with van der Waals surface area (Å²) in [5.74, 6) is 0.792. The van der Waals surface area contributed by atoms with Crippen LogP contribution >= 0.6 is 0 Å². The Kier molecular flexibility index (Phi) is 5.23. The monoisotopic (exact) mass is 285 g/mol. The molecule has 0 aromatic heterocycles. The van der Waals surface area contributed by atoms with Gasteiger partial charge in [-0.25, -0.2) is 0 Å². The molecule has 0 radical (unpaired) electrons. The molecule has 2 N–H and O–H groups in total. The number of nitrogens with one attached hydrogen (secondary N) is 1. The van der Waals surface area contributed by atoms with Crippen molar-refractivity contribution in [2.45, 2.75) is 26.9 Å². The molecule has 0 heterocycles. The molecule has 0 fully saturated rings. The minimum atomic E-state index is -0.550. The van der Waals surface area contributed by atoms with Crippen molar-refractivity contribution < 1.29 is 9.84 Å². The van der Waals surface area contributed by atoms with E-state index in [0.29, 0.717) is 6.54 Å². The number of rotatable bonds is 6. The molecule has 0 saturated heterocycles. The summed E-state index contributed by atoms with van der Waals surface area (Å²) >= 11 is 0. The fraction of sp³-hybridized carbons (Fsp3) is 0.333. The van der Waals surface area contributed by atoms with Crippen molar-refractivity contribution in [3.8, 4) is 5.75 Å². The van der Waals surface area contributed by atoms with Gasteiger partial charge in [0.1, 0.15) is 18.5 Å². The lowest BCUT2D eigenvalue weighted by molar-refractivity contribution is 0.117. The molecular formula is C18H23NO2. The van der Waals surface area contributed by atoms with Crippen LogP contribution in [0.3, 0.4) is 0 Å². The van der Waals surface area contributed by atoms with E-state index in [1.54, 1.807) is 0 Å². The molecule has 1 atom stereocenters. The maximum absolute atomic E-state index is 10.00. The van der Waals surface area contributed by atoms with Crippen LogP contribution in [0.4, 0.5) is 5.69 Å². The van der Waals surface area contributed by atoms with Gasteiger partial charge >= 0.3 is 0 Å². The Morgan fingerprint density at radius 2 is 1.81 bits per heavy atom. The number of hydrogen-bond donors (Lipinski definition) is 2. The van der Waals surface area contributed by atoms with Gasteiger partial charge in [0.25, 0.3) is 0 Å². The van der Waals surface area contributed by atoms with Gasteiger partial charge in [-0.2, -0.15) is 0 Å². The first kappa shape index (κ1) is 15.4. The third-order valence-corrected chi connectivity index (χ3v) is 3.34. The normalized spacial score (nSPS) is 12.0. The molecule has 3 nitrogen and oxygen atoms in total. The van der Waals surface area contributed by atoms with Gasteiger partial charge in [-0.3, -0.25) is 0 Å². The van der Waals surface area contributed by atoms with Gasteiger partial charge in [-0.1, -0.05) is 29.8 Å². The second-order valence-electron chi connectivity index (χ2n) is 5.48. The van der Waals surface area contributed by atoms with Crippen LogP contribution < -0.4 is 10.1 Å². The van der Waals surface area contributed by atoms with Crippen molar-refractivity contribution in [3.63, 3.8) is 0 Å². The number of aliphatic hydroxyl groups is 1. The minimum Gasteiger partial charge on any atom is -0.491 e. The predicted molar refractivity (Wildman–Crippen MR) is 87.1 cm³/mol. The van der Waals surface area contributed by atoms with Crippen LogP contribution in [0, 0.1) is 20.8 Å². The summed E-state index contributed by atoms with van der Waals surface area (Å²) in [6.07, 6.45) is -0.550. The topological polar surface area (TPSA) is 41.5 Å². The third kappa shape index (κ3) is 4.80. The van der Waals surface area contributed by atoms with E-state index in [9.17, 15) is 5.11 Å². The van der Waals surface area contributed by atoms with Crippen LogP contribution in [0.25, 0.3) is 0 Å². The molecular weight excluding hydrogens is 262 g/mol. The Hall–Kier alpha value is -2.00. The molecule has 21 heavy (non-hydrogen) atoms. The highest BCUT2D eigenvalue weighted by Gasteiger charge is 2.06. The van der Waals surface area contributed by atoms with E-state index in [4.69, 9.17) is 4.74 Å². The lowest BCUT2D eigenvalue weighted by atomic mass is 10.1. The van der Waals surface area contributed by atoms with Gasteiger partial charge in [-0.15, -0.1) is 0 Å². The van der Waals surface area contributed by atoms with Crippen LogP contribution in [0.15, 0.2) is 42.5 Å². The number of hydrogen-bond acceptors (Lipinski definition) is 3. The summed E-state index contributed by atoms with van der Waals surface area (Å²) < 4.78 is 5.60. The average molecular weight is 285 g/mol. The molecule has 2 aromatic rings. The molecule has 0 spiro atoms. The average Bonchev–Trinajstić information content (AvgIpc) is 2.44. The summed E-state index contributed by atoms with van der Waals surface area (Å²) in [6.45, 7) is 6.90. The van der Waals surface area contributed by atoms with Gasteiger partial charge in [0.15, 0.2) is 0 Å². The highest BCUT2D eigenvalue weighted by molar-refractivity contribution is 5.51. The largest absolute Gasteiger partial charge is 0.491 e. The number of benzene rings is 2. The third-order valence-electron chi connectivity index (χ3n) is 3.34. The zero-order valence-corrected chi connectivity index (χ0v) is 12.9. The zero-order valence-electron chi connectivity index (χ0n) is 12.9. The summed E-state index contributed by atoms with van der Waals surface area (Å²) in [5, 5.41) is 13.3. The maximum Gasteiger partial charge on any atom is 0.119 e. The van der Waals surface area contributed by atoms with E-state index < -0.39 is 6.10 Å². The highest BCUT2D eigenvalue weighted by atomic mass is 16.5. The molecule has 0 aliphatic carbocycles. The van der Waals surface area contributed by atoms with Gasteiger partial charge < -0.3 is 15.2 Å². The van der Waals surface area contributed by atoms with Crippen molar-refractivity contribution in [2.24, 2.45) is 0 Å². The first-order chi connectivity index (χ1) is 10.0. The lowest BCUT2D eigenvalue weighted by Gasteiger charge is -2.15. The summed E-state index contributed by atoms with van der Waals surface area (Å²) in [5.41, 5.74) is 4.62. The minimum absolute atomic E-state index is 0.279. The molecule has 0 aliphatic heterocycles. The Labute approximate surface area is 126 Å². The molecule has 2 aromatic carbocycles. The van der Waals surface area contributed by atoms with Crippen LogP contribution in [0.2, 0.25) is 0 Å². The van der Waals surface area contributed by atoms with Crippen LogP contribution in [0.5, 0.6) is 5.75 Å². The summed E-state index contributed by atoms with van der Waals surface area (Å²) in [4.78, 5) is 0. The number of aryl methyl sites for hydroxylation is 3. The van der Waals surface area contributed by atoms with Crippen molar-refractivity contribution >= 4 is 5.69 Å². The molecule has 112 valence electrons. The molecule has 2 rings (SSSR count). The first-order valence-corrected chi connectivity index (χ1v) is 7.23. The molecule has 0 saturated carbocycles. The Balaban J connectivity index is 1.80.